The van der Waals surface area contributed by atoms with Gasteiger partial charge in [-0.15, -0.1) is 11.3 Å². The van der Waals surface area contributed by atoms with Crippen LogP contribution in [0.2, 0.25) is 0 Å². The monoisotopic (exact) mass is 420 g/mol. The van der Waals surface area contributed by atoms with Crippen molar-refractivity contribution in [3.05, 3.63) is 38.0 Å². The van der Waals surface area contributed by atoms with Crippen LogP contribution in [0.25, 0.3) is 0 Å². The van der Waals surface area contributed by atoms with Gasteiger partial charge < -0.3 is 10.1 Å². The molecule has 1 unspecified atom stereocenters. The first kappa shape index (κ1) is 21.0. The number of carbonyl (C=O) groups is 2. The van der Waals surface area contributed by atoms with Crippen molar-refractivity contribution in [2.75, 3.05) is 11.9 Å². The molecule has 2 aromatic rings. The van der Waals surface area contributed by atoms with Crippen LogP contribution in [0, 0.1) is 17.0 Å². The second kappa shape index (κ2) is 8.73. The van der Waals surface area contributed by atoms with E-state index in [4.69, 9.17) is 4.74 Å². The van der Waals surface area contributed by atoms with Crippen molar-refractivity contribution in [1.82, 2.24) is 9.78 Å². The Bertz CT molecular complexity index is 949. The van der Waals surface area contributed by atoms with Gasteiger partial charge in [-0.2, -0.15) is 5.10 Å². The Morgan fingerprint density at radius 2 is 2.14 bits per heavy atom. The van der Waals surface area contributed by atoms with Crippen LogP contribution in [0.3, 0.4) is 0 Å². The number of esters is 1. The number of thiophene rings is 1. The Kier molecular flexibility index (Phi) is 6.31. The van der Waals surface area contributed by atoms with Gasteiger partial charge in [0.05, 0.1) is 17.1 Å². The number of hydrogen-bond acceptors (Lipinski definition) is 7. The van der Waals surface area contributed by atoms with E-state index in [0.717, 1.165) is 42.3 Å². The molecule has 2 heterocycles. The molecule has 0 spiro atoms. The largest absolute Gasteiger partial charge is 0.462 e. The molecule has 0 bridgehead atoms. The van der Waals surface area contributed by atoms with E-state index in [1.165, 1.54) is 16.0 Å². The zero-order chi connectivity index (χ0) is 21.1. The first-order chi connectivity index (χ1) is 13.8. The number of aryl methyl sites for hydroxylation is 1. The molecule has 156 valence electrons. The van der Waals surface area contributed by atoms with E-state index in [1.807, 2.05) is 6.92 Å². The predicted molar refractivity (Wildman–Crippen MR) is 108 cm³/mol. The fraction of sp³-hybridized carbons (Fsp3) is 0.526. The molecule has 1 N–H and O–H groups in total. The van der Waals surface area contributed by atoms with Gasteiger partial charge in [-0.05, 0) is 51.5 Å². The van der Waals surface area contributed by atoms with Crippen LogP contribution in [0.4, 0.5) is 10.7 Å². The number of anilines is 1. The Morgan fingerprint density at radius 1 is 1.41 bits per heavy atom. The van der Waals surface area contributed by atoms with Crippen molar-refractivity contribution in [3.63, 3.8) is 0 Å². The fourth-order valence-electron chi connectivity index (χ4n) is 3.45. The second-order valence-electron chi connectivity index (χ2n) is 7.03. The normalized spacial score (nSPS) is 14.2. The van der Waals surface area contributed by atoms with E-state index in [-0.39, 0.29) is 5.69 Å². The highest BCUT2D eigenvalue weighted by molar-refractivity contribution is 7.17. The molecular weight excluding hydrogens is 396 g/mol. The summed E-state index contributed by atoms with van der Waals surface area (Å²) in [6.07, 6.45) is 5.57. The lowest BCUT2D eigenvalue weighted by atomic mass is 9.95. The summed E-state index contributed by atoms with van der Waals surface area (Å²) >= 11 is 1.41. The number of nitrogens with one attached hydrogen (secondary N) is 1. The maximum atomic E-state index is 12.9. The third-order valence-electron chi connectivity index (χ3n) is 5.01. The molecule has 0 saturated carbocycles. The standard InChI is InChI=1S/C19H24N4O5S/c1-4-9-28-19(25)16-13-7-5-6-8-15(13)29-18(16)21-17(24)12(3)22-11(2)14(10-20-22)23(26)27/h10,12H,4-9H2,1-3H3,(H,21,24). The highest BCUT2D eigenvalue weighted by atomic mass is 32.1. The van der Waals surface area contributed by atoms with Crippen molar-refractivity contribution in [2.45, 2.75) is 58.9 Å². The van der Waals surface area contributed by atoms with E-state index in [0.29, 0.717) is 29.3 Å². The molecule has 3 rings (SSSR count). The third kappa shape index (κ3) is 4.16. The molecule has 0 saturated heterocycles. The van der Waals surface area contributed by atoms with Crippen LogP contribution in [0.15, 0.2) is 6.20 Å². The van der Waals surface area contributed by atoms with Crippen LogP contribution in [-0.4, -0.2) is 33.2 Å². The number of hydrogen-bond donors (Lipinski definition) is 1. The minimum absolute atomic E-state index is 0.139. The summed E-state index contributed by atoms with van der Waals surface area (Å²) in [7, 11) is 0. The van der Waals surface area contributed by atoms with E-state index in [2.05, 4.69) is 10.4 Å². The van der Waals surface area contributed by atoms with Gasteiger partial charge in [0.25, 0.3) is 0 Å². The number of nitro groups is 1. The van der Waals surface area contributed by atoms with Gasteiger partial charge in [-0.3, -0.25) is 19.6 Å². The van der Waals surface area contributed by atoms with Crippen LogP contribution < -0.4 is 5.32 Å². The summed E-state index contributed by atoms with van der Waals surface area (Å²) in [5.41, 5.74) is 1.57. The number of amides is 1. The number of aromatic nitrogens is 2. The van der Waals surface area contributed by atoms with Crippen molar-refractivity contribution < 1.29 is 19.2 Å². The summed E-state index contributed by atoms with van der Waals surface area (Å²) in [6.45, 7) is 5.41. The van der Waals surface area contributed by atoms with Gasteiger partial charge in [0, 0.05) is 4.88 Å². The molecule has 29 heavy (non-hydrogen) atoms. The Balaban J connectivity index is 1.87. The molecular formula is C19H24N4O5S. The van der Waals surface area contributed by atoms with E-state index >= 15 is 0 Å². The molecule has 1 aliphatic carbocycles. The van der Waals surface area contributed by atoms with Crippen LogP contribution in [0.5, 0.6) is 0 Å². The highest BCUT2D eigenvalue weighted by Crippen LogP contribution is 2.39. The maximum Gasteiger partial charge on any atom is 0.341 e. The average molecular weight is 420 g/mol. The van der Waals surface area contributed by atoms with Gasteiger partial charge in [0.15, 0.2) is 0 Å². The number of nitrogens with zero attached hydrogens (tertiary/aromatic N) is 3. The molecule has 0 radical (unpaired) electrons. The summed E-state index contributed by atoms with van der Waals surface area (Å²) in [4.78, 5) is 37.1. The summed E-state index contributed by atoms with van der Waals surface area (Å²) in [6, 6.07) is -0.776. The zero-order valence-electron chi connectivity index (χ0n) is 16.7. The number of fused-ring (bicyclic) bond motifs is 1. The SMILES string of the molecule is CCCOC(=O)c1c(NC(=O)C(C)n2ncc([N+](=O)[O-])c2C)sc2c1CCCC2. The lowest BCUT2D eigenvalue weighted by molar-refractivity contribution is -0.385. The number of rotatable bonds is 7. The lowest BCUT2D eigenvalue weighted by Crippen LogP contribution is -2.26. The fourth-order valence-corrected chi connectivity index (χ4v) is 4.73. The highest BCUT2D eigenvalue weighted by Gasteiger charge is 2.29. The van der Waals surface area contributed by atoms with Gasteiger partial charge in [0.2, 0.25) is 5.91 Å². The van der Waals surface area contributed by atoms with Crippen molar-refractivity contribution in [3.8, 4) is 0 Å². The van der Waals surface area contributed by atoms with E-state index in [9.17, 15) is 19.7 Å². The topological polar surface area (TPSA) is 116 Å². The van der Waals surface area contributed by atoms with Gasteiger partial charge in [-0.25, -0.2) is 4.79 Å². The summed E-state index contributed by atoms with van der Waals surface area (Å²) in [5, 5.41) is 18.3. The maximum absolute atomic E-state index is 12.9. The Morgan fingerprint density at radius 3 is 2.79 bits per heavy atom. The molecule has 1 atom stereocenters. The molecule has 0 aliphatic heterocycles. The van der Waals surface area contributed by atoms with Crippen LogP contribution >= 0.6 is 11.3 Å². The van der Waals surface area contributed by atoms with Crippen molar-refractivity contribution in [1.29, 1.82) is 0 Å². The van der Waals surface area contributed by atoms with Crippen LogP contribution in [-0.2, 0) is 22.4 Å². The van der Waals surface area contributed by atoms with Crippen molar-refractivity contribution in [2.24, 2.45) is 0 Å². The first-order valence-electron chi connectivity index (χ1n) is 9.66. The predicted octanol–water partition coefficient (Wildman–Crippen LogP) is 3.81. The minimum Gasteiger partial charge on any atom is -0.462 e. The Hall–Kier alpha value is -2.75. The van der Waals surface area contributed by atoms with Crippen molar-refractivity contribution >= 4 is 33.9 Å². The molecule has 0 fully saturated rings. The average Bonchev–Trinajstić information content (AvgIpc) is 3.25. The van der Waals surface area contributed by atoms with E-state index in [1.54, 1.807) is 13.8 Å². The zero-order valence-corrected chi connectivity index (χ0v) is 17.5. The van der Waals surface area contributed by atoms with Crippen LogP contribution in [0.1, 0.15) is 65.6 Å². The summed E-state index contributed by atoms with van der Waals surface area (Å²) < 4.78 is 6.66. The number of carbonyl (C=O) groups excluding carboxylic acids is 2. The number of ether oxygens (including phenoxy) is 1. The quantitative estimate of drug-likeness (QED) is 0.414. The molecule has 2 aromatic heterocycles. The molecule has 1 amide bonds. The summed E-state index contributed by atoms with van der Waals surface area (Å²) in [5.74, 6) is -0.811. The third-order valence-corrected chi connectivity index (χ3v) is 6.22. The molecule has 0 aromatic carbocycles. The van der Waals surface area contributed by atoms with Gasteiger partial charge in [0.1, 0.15) is 22.9 Å². The molecule has 1 aliphatic rings. The Labute approximate surface area is 172 Å². The minimum atomic E-state index is -0.776. The van der Waals surface area contributed by atoms with E-state index < -0.39 is 22.8 Å². The lowest BCUT2D eigenvalue weighted by Gasteiger charge is -2.15. The molecule has 10 heteroatoms. The van der Waals surface area contributed by atoms with Gasteiger partial charge >= 0.3 is 11.7 Å². The van der Waals surface area contributed by atoms with Gasteiger partial charge in [-0.1, -0.05) is 6.92 Å². The second-order valence-corrected chi connectivity index (χ2v) is 8.14. The first-order valence-corrected chi connectivity index (χ1v) is 10.5. The molecule has 9 nitrogen and oxygen atoms in total. The smallest absolute Gasteiger partial charge is 0.341 e.